The summed E-state index contributed by atoms with van der Waals surface area (Å²) in [7, 11) is 0. The number of aromatic nitrogens is 1. The van der Waals surface area contributed by atoms with Crippen molar-refractivity contribution in [3.05, 3.63) is 54.0 Å². The van der Waals surface area contributed by atoms with Gasteiger partial charge < -0.3 is 20.3 Å². The molecule has 4 rings (SSSR count). The molecule has 0 radical (unpaired) electrons. The van der Waals surface area contributed by atoms with Gasteiger partial charge in [-0.15, -0.1) is 0 Å². The zero-order valence-corrected chi connectivity index (χ0v) is 18.2. The lowest BCUT2D eigenvalue weighted by molar-refractivity contribution is 0.288. The van der Waals surface area contributed by atoms with Crippen LogP contribution in [0, 0.1) is 11.7 Å². The monoisotopic (exact) mass is 425 g/mol. The van der Waals surface area contributed by atoms with E-state index in [1.165, 1.54) is 18.9 Å². The van der Waals surface area contributed by atoms with E-state index >= 15 is 0 Å². The summed E-state index contributed by atoms with van der Waals surface area (Å²) in [5, 5.41) is 6.91. The van der Waals surface area contributed by atoms with Crippen LogP contribution in [0.5, 0.6) is 5.88 Å². The second-order valence-corrected chi connectivity index (χ2v) is 8.34. The molecule has 0 amide bonds. The van der Waals surface area contributed by atoms with E-state index in [1.807, 2.05) is 18.2 Å². The molecule has 7 heteroatoms. The third-order valence-electron chi connectivity index (χ3n) is 5.74. The zero-order valence-electron chi connectivity index (χ0n) is 18.2. The molecule has 0 spiro atoms. The van der Waals surface area contributed by atoms with Crippen LogP contribution in [0.15, 0.2) is 47.6 Å². The predicted octanol–water partition coefficient (Wildman–Crippen LogP) is 3.73. The lowest BCUT2D eigenvalue weighted by Crippen LogP contribution is -2.48. The second-order valence-electron chi connectivity index (χ2n) is 8.34. The third kappa shape index (κ3) is 6.57. The summed E-state index contributed by atoms with van der Waals surface area (Å²) in [4.78, 5) is 11.3. The van der Waals surface area contributed by atoms with Crippen LogP contribution in [0.3, 0.4) is 0 Å². The zero-order chi connectivity index (χ0) is 21.5. The van der Waals surface area contributed by atoms with Crippen molar-refractivity contribution in [2.75, 3.05) is 31.1 Å². The summed E-state index contributed by atoms with van der Waals surface area (Å²) < 4.78 is 19.3. The number of aliphatic imine (C=N–C) groups is 1. The number of rotatable bonds is 8. The van der Waals surface area contributed by atoms with E-state index in [0.717, 1.165) is 56.3 Å². The van der Waals surface area contributed by atoms with Crippen molar-refractivity contribution in [1.82, 2.24) is 15.6 Å². The minimum absolute atomic E-state index is 0.184. The summed E-state index contributed by atoms with van der Waals surface area (Å²) in [5.74, 6) is 2.03. The van der Waals surface area contributed by atoms with E-state index in [0.29, 0.717) is 24.4 Å². The molecule has 0 unspecified atom stereocenters. The van der Waals surface area contributed by atoms with Crippen LogP contribution in [0.4, 0.5) is 10.1 Å². The predicted molar refractivity (Wildman–Crippen MR) is 122 cm³/mol. The molecule has 1 aromatic carbocycles. The van der Waals surface area contributed by atoms with Crippen molar-refractivity contribution >= 4 is 11.6 Å². The molecule has 2 aliphatic rings. The van der Waals surface area contributed by atoms with Crippen LogP contribution in [0.2, 0.25) is 0 Å². The molecular weight excluding hydrogens is 393 g/mol. The van der Waals surface area contributed by atoms with Crippen LogP contribution in [0.25, 0.3) is 0 Å². The molecule has 2 aromatic rings. The van der Waals surface area contributed by atoms with Crippen molar-refractivity contribution in [2.24, 2.45) is 10.9 Å². The number of ether oxygens (including phenoxy) is 1. The van der Waals surface area contributed by atoms with Crippen molar-refractivity contribution in [3.8, 4) is 5.88 Å². The fourth-order valence-corrected chi connectivity index (χ4v) is 3.75. The number of guanidine groups is 1. The molecule has 1 aliphatic heterocycles. The number of piperidine rings is 1. The number of nitrogens with zero attached hydrogens (tertiary/aromatic N) is 3. The van der Waals surface area contributed by atoms with E-state index in [4.69, 9.17) is 9.73 Å². The van der Waals surface area contributed by atoms with Crippen LogP contribution >= 0.6 is 0 Å². The van der Waals surface area contributed by atoms with E-state index in [1.54, 1.807) is 18.3 Å². The Morgan fingerprint density at radius 1 is 1.19 bits per heavy atom. The highest BCUT2D eigenvalue weighted by Gasteiger charge is 2.22. The molecule has 6 nitrogen and oxygen atoms in total. The third-order valence-corrected chi connectivity index (χ3v) is 5.74. The summed E-state index contributed by atoms with van der Waals surface area (Å²) in [6, 6.07) is 11.1. The molecular formula is C24H32FN5O. The first-order valence-electron chi connectivity index (χ1n) is 11.3. The molecule has 1 aromatic heterocycles. The maximum Gasteiger partial charge on any atom is 0.213 e. The van der Waals surface area contributed by atoms with E-state index in [2.05, 4.69) is 27.4 Å². The number of pyridine rings is 1. The fraction of sp³-hybridized carbons (Fsp3) is 0.500. The first-order valence-corrected chi connectivity index (χ1v) is 11.3. The van der Waals surface area contributed by atoms with Crippen molar-refractivity contribution in [2.45, 2.75) is 45.2 Å². The van der Waals surface area contributed by atoms with Crippen LogP contribution in [-0.2, 0) is 6.54 Å². The molecule has 1 aliphatic carbocycles. The van der Waals surface area contributed by atoms with Gasteiger partial charge in [0, 0.05) is 43.6 Å². The van der Waals surface area contributed by atoms with Gasteiger partial charge in [-0.2, -0.15) is 0 Å². The van der Waals surface area contributed by atoms with Crippen molar-refractivity contribution < 1.29 is 9.13 Å². The fourth-order valence-electron chi connectivity index (χ4n) is 3.75. The maximum atomic E-state index is 13.5. The van der Waals surface area contributed by atoms with Gasteiger partial charge in [0.1, 0.15) is 5.82 Å². The van der Waals surface area contributed by atoms with Gasteiger partial charge in [-0.25, -0.2) is 14.4 Å². The summed E-state index contributed by atoms with van der Waals surface area (Å²) in [5.41, 5.74) is 2.04. The summed E-state index contributed by atoms with van der Waals surface area (Å²) >= 11 is 0. The quantitative estimate of drug-likeness (QED) is 0.498. The summed E-state index contributed by atoms with van der Waals surface area (Å²) in [6.07, 6.45) is 6.28. The molecule has 166 valence electrons. The van der Waals surface area contributed by atoms with Crippen molar-refractivity contribution in [3.63, 3.8) is 0 Å². The normalized spacial score (nSPS) is 17.5. The molecule has 1 saturated carbocycles. The van der Waals surface area contributed by atoms with Crippen LogP contribution in [-0.4, -0.2) is 43.2 Å². The Hall–Kier alpha value is -2.83. The molecule has 2 fully saturated rings. The Morgan fingerprint density at radius 2 is 2.03 bits per heavy atom. The van der Waals surface area contributed by atoms with Gasteiger partial charge in [0.05, 0.1) is 13.2 Å². The Morgan fingerprint density at radius 3 is 2.77 bits per heavy atom. The van der Waals surface area contributed by atoms with Gasteiger partial charge in [0.25, 0.3) is 0 Å². The Bertz CT molecular complexity index is 878. The number of halogens is 1. The highest BCUT2D eigenvalue weighted by Crippen LogP contribution is 2.29. The average Bonchev–Trinajstić information content (AvgIpc) is 3.62. The molecule has 2 N–H and O–H groups in total. The SMILES string of the molecule is CCNC(=NCc1ccnc(OCC2CC2)c1)NC1CCN(c2cccc(F)c2)CC1. The number of hydrogen-bond acceptors (Lipinski definition) is 4. The first-order chi connectivity index (χ1) is 15.2. The summed E-state index contributed by atoms with van der Waals surface area (Å²) in [6.45, 7) is 6.00. The van der Waals surface area contributed by atoms with Gasteiger partial charge in [0.2, 0.25) is 5.88 Å². The van der Waals surface area contributed by atoms with Crippen LogP contribution in [0.1, 0.15) is 38.2 Å². The molecule has 0 atom stereocenters. The van der Waals surface area contributed by atoms with Gasteiger partial charge in [-0.1, -0.05) is 6.07 Å². The molecule has 31 heavy (non-hydrogen) atoms. The van der Waals surface area contributed by atoms with E-state index in [9.17, 15) is 4.39 Å². The van der Waals surface area contributed by atoms with Gasteiger partial charge >= 0.3 is 0 Å². The van der Waals surface area contributed by atoms with Gasteiger partial charge in [0.15, 0.2) is 5.96 Å². The lowest BCUT2D eigenvalue weighted by atomic mass is 10.0. The largest absolute Gasteiger partial charge is 0.477 e. The minimum atomic E-state index is -0.184. The van der Waals surface area contributed by atoms with Crippen LogP contribution < -0.4 is 20.3 Å². The topological polar surface area (TPSA) is 61.8 Å². The maximum absolute atomic E-state index is 13.5. The standard InChI is InChI=1S/C24H32FN5O/c1-2-26-24(28-16-19-8-11-27-23(14-19)31-17-18-6-7-18)29-21-9-12-30(13-10-21)22-5-3-4-20(25)15-22/h3-5,8,11,14-15,18,21H,2,6-7,9-10,12-13,16-17H2,1H3,(H2,26,28,29). The Kier molecular flexibility index (Phi) is 7.22. The highest BCUT2D eigenvalue weighted by molar-refractivity contribution is 5.80. The highest BCUT2D eigenvalue weighted by atomic mass is 19.1. The number of hydrogen-bond donors (Lipinski definition) is 2. The van der Waals surface area contributed by atoms with Gasteiger partial charge in [-0.3, -0.25) is 0 Å². The smallest absolute Gasteiger partial charge is 0.213 e. The Balaban J connectivity index is 1.29. The molecule has 2 heterocycles. The number of nitrogens with one attached hydrogen (secondary N) is 2. The lowest BCUT2D eigenvalue weighted by Gasteiger charge is -2.34. The molecule has 0 bridgehead atoms. The minimum Gasteiger partial charge on any atom is -0.477 e. The van der Waals surface area contributed by atoms with E-state index < -0.39 is 0 Å². The number of anilines is 1. The van der Waals surface area contributed by atoms with Gasteiger partial charge in [-0.05, 0) is 68.4 Å². The van der Waals surface area contributed by atoms with Crippen molar-refractivity contribution in [1.29, 1.82) is 0 Å². The number of benzene rings is 1. The first kappa shape index (κ1) is 21.4. The Labute approximate surface area is 183 Å². The average molecular weight is 426 g/mol. The second kappa shape index (κ2) is 10.5. The molecule has 1 saturated heterocycles. The van der Waals surface area contributed by atoms with E-state index in [-0.39, 0.29) is 5.82 Å².